The number of rotatable bonds is 5. The Morgan fingerprint density at radius 3 is 2.47 bits per heavy atom. The largest absolute Gasteiger partial charge is 0.493 e. The number of carboxylic acids is 1. The number of aromatic nitrogens is 3. The van der Waals surface area contributed by atoms with Crippen LogP contribution in [0, 0.1) is 0 Å². The van der Waals surface area contributed by atoms with Crippen molar-refractivity contribution in [1.29, 1.82) is 0 Å². The van der Waals surface area contributed by atoms with Gasteiger partial charge in [-0.05, 0) is 47.7 Å². The summed E-state index contributed by atoms with van der Waals surface area (Å²) in [4.78, 5) is 29.1. The zero-order chi connectivity index (χ0) is 24.0. The number of carboxylic acid groups (broad SMARTS) is 1. The van der Waals surface area contributed by atoms with E-state index >= 15 is 0 Å². The van der Waals surface area contributed by atoms with Crippen molar-refractivity contribution in [2.45, 2.75) is 24.8 Å². The molecule has 2 atom stereocenters. The van der Waals surface area contributed by atoms with Crippen LogP contribution in [0.15, 0.2) is 53.7 Å². The van der Waals surface area contributed by atoms with E-state index in [0.29, 0.717) is 35.9 Å². The number of benzene rings is 2. The molecule has 1 aliphatic heterocycles. The van der Waals surface area contributed by atoms with Gasteiger partial charge in [-0.15, -0.1) is 5.10 Å². The molecule has 5 rings (SSSR count). The number of nitrogen functional groups attached to an aromatic ring is 1. The quantitative estimate of drug-likeness (QED) is 0.523. The average Bonchev–Trinajstić information content (AvgIpc) is 3.21. The van der Waals surface area contributed by atoms with Gasteiger partial charge in [-0.2, -0.15) is 4.98 Å². The first kappa shape index (κ1) is 21.5. The summed E-state index contributed by atoms with van der Waals surface area (Å²) in [6, 6.07) is 11.5. The van der Waals surface area contributed by atoms with E-state index < -0.39 is 12.0 Å². The number of nitrogens with one attached hydrogen (secondary N) is 1. The molecule has 174 valence electrons. The predicted octanol–water partition coefficient (Wildman–Crippen LogP) is 2.99. The molecule has 2 aliphatic rings. The van der Waals surface area contributed by atoms with Gasteiger partial charge in [-0.1, -0.05) is 18.2 Å². The summed E-state index contributed by atoms with van der Waals surface area (Å²) in [5.74, 6) is 0.628. The van der Waals surface area contributed by atoms with Crippen molar-refractivity contribution in [2.24, 2.45) is 0 Å². The molecule has 0 saturated carbocycles. The Hall–Kier alpha value is -4.34. The number of allylic oxidation sites excluding steroid dienone is 2. The van der Waals surface area contributed by atoms with Crippen LogP contribution in [0.25, 0.3) is 0 Å². The molecule has 0 unspecified atom stereocenters. The molecule has 3 aromatic rings. The third-order valence-corrected chi connectivity index (χ3v) is 6.29. The number of nitrogens with two attached hydrogens (primary N) is 1. The molecule has 10 nitrogen and oxygen atoms in total. The van der Waals surface area contributed by atoms with E-state index in [4.69, 9.17) is 15.2 Å². The number of hydrogen-bond acceptors (Lipinski definition) is 8. The van der Waals surface area contributed by atoms with Gasteiger partial charge in [0.2, 0.25) is 11.9 Å². The standard InChI is InChI=1S/C24H23N5O5/c1-33-18-8-7-14(11-19(18)34-2)15-9-16-20(17(30)10-15)21(29-24(26-16)27-23(25)28-29)12-3-5-13(6-4-12)22(31)32/h3-8,11,15,21H,9-10H2,1-2H3,(H,31,32)(H3,25,26,27,28)/t15-,21+/m1/s1. The van der Waals surface area contributed by atoms with Crippen molar-refractivity contribution in [2.75, 3.05) is 25.3 Å². The molecule has 2 aromatic carbocycles. The number of anilines is 2. The van der Waals surface area contributed by atoms with Gasteiger partial charge in [-0.3, -0.25) is 4.79 Å². The smallest absolute Gasteiger partial charge is 0.335 e. The van der Waals surface area contributed by atoms with Crippen LogP contribution in [-0.2, 0) is 4.79 Å². The minimum atomic E-state index is -1.02. The van der Waals surface area contributed by atoms with E-state index in [0.717, 1.165) is 16.8 Å². The van der Waals surface area contributed by atoms with Crippen molar-refractivity contribution in [3.8, 4) is 11.5 Å². The lowest BCUT2D eigenvalue weighted by atomic mass is 9.78. The lowest BCUT2D eigenvalue weighted by Gasteiger charge is -2.35. The topological polar surface area (TPSA) is 142 Å². The zero-order valence-corrected chi connectivity index (χ0v) is 18.6. The molecule has 0 saturated heterocycles. The highest BCUT2D eigenvalue weighted by atomic mass is 16.5. The second kappa shape index (κ2) is 8.22. The van der Waals surface area contributed by atoms with Gasteiger partial charge in [0.15, 0.2) is 17.3 Å². The van der Waals surface area contributed by atoms with Crippen LogP contribution in [-0.4, -0.2) is 45.8 Å². The minimum absolute atomic E-state index is 0.0273. The number of aromatic carboxylic acids is 1. The van der Waals surface area contributed by atoms with Crippen molar-refractivity contribution in [1.82, 2.24) is 14.8 Å². The van der Waals surface area contributed by atoms with E-state index in [2.05, 4.69) is 15.4 Å². The molecular formula is C24H23N5O5. The van der Waals surface area contributed by atoms with Crippen LogP contribution in [0.4, 0.5) is 11.9 Å². The fourth-order valence-electron chi connectivity index (χ4n) is 4.69. The normalized spacial score (nSPS) is 19.2. The van der Waals surface area contributed by atoms with Crippen LogP contribution in [0.2, 0.25) is 0 Å². The molecule has 10 heteroatoms. The second-order valence-corrected chi connectivity index (χ2v) is 8.23. The maximum absolute atomic E-state index is 13.5. The number of methoxy groups -OCH3 is 2. The molecule has 1 aromatic heterocycles. The molecule has 0 spiro atoms. The van der Waals surface area contributed by atoms with E-state index in [9.17, 15) is 14.7 Å². The van der Waals surface area contributed by atoms with Crippen LogP contribution in [0.5, 0.6) is 11.5 Å². The molecule has 0 amide bonds. The number of nitrogens with zero attached hydrogens (tertiary/aromatic N) is 3. The number of carbonyl (C=O) groups is 2. The summed E-state index contributed by atoms with van der Waals surface area (Å²) in [5, 5.41) is 16.8. The molecule has 1 aliphatic carbocycles. The van der Waals surface area contributed by atoms with E-state index in [1.165, 1.54) is 12.1 Å². The Labute approximate surface area is 195 Å². The maximum atomic E-state index is 13.5. The fourth-order valence-corrected chi connectivity index (χ4v) is 4.69. The summed E-state index contributed by atoms with van der Waals surface area (Å²) in [7, 11) is 3.16. The predicted molar refractivity (Wildman–Crippen MR) is 123 cm³/mol. The van der Waals surface area contributed by atoms with Crippen LogP contribution in [0.1, 0.15) is 46.3 Å². The minimum Gasteiger partial charge on any atom is -0.493 e. The van der Waals surface area contributed by atoms with Crippen molar-refractivity contribution >= 4 is 23.6 Å². The summed E-state index contributed by atoms with van der Waals surface area (Å²) >= 11 is 0. The lowest BCUT2D eigenvalue weighted by molar-refractivity contribution is -0.116. The van der Waals surface area contributed by atoms with Gasteiger partial charge in [0, 0.05) is 17.7 Å². The molecule has 0 radical (unpaired) electrons. The van der Waals surface area contributed by atoms with Gasteiger partial charge in [0.1, 0.15) is 6.04 Å². The lowest BCUT2D eigenvalue weighted by Crippen LogP contribution is -2.33. The van der Waals surface area contributed by atoms with Gasteiger partial charge in [0.25, 0.3) is 0 Å². The van der Waals surface area contributed by atoms with Crippen LogP contribution in [0.3, 0.4) is 0 Å². The Morgan fingerprint density at radius 2 is 1.79 bits per heavy atom. The number of ether oxygens (including phenoxy) is 2. The first-order valence-electron chi connectivity index (χ1n) is 10.7. The first-order chi connectivity index (χ1) is 16.4. The highest BCUT2D eigenvalue weighted by Gasteiger charge is 2.39. The molecular weight excluding hydrogens is 438 g/mol. The van der Waals surface area contributed by atoms with E-state index in [1.807, 2.05) is 18.2 Å². The Balaban J connectivity index is 1.56. The van der Waals surface area contributed by atoms with Crippen molar-refractivity contribution < 1.29 is 24.2 Å². The van der Waals surface area contributed by atoms with Crippen molar-refractivity contribution in [3.63, 3.8) is 0 Å². The summed E-state index contributed by atoms with van der Waals surface area (Å²) in [5.41, 5.74) is 9.06. The van der Waals surface area contributed by atoms with Gasteiger partial charge >= 0.3 is 5.97 Å². The highest BCUT2D eigenvalue weighted by Crippen LogP contribution is 2.45. The number of fused-ring (bicyclic) bond motifs is 1. The highest BCUT2D eigenvalue weighted by molar-refractivity contribution is 6.00. The van der Waals surface area contributed by atoms with Gasteiger partial charge < -0.3 is 25.6 Å². The fraction of sp³-hybridized carbons (Fsp3) is 0.250. The molecule has 0 bridgehead atoms. The van der Waals surface area contributed by atoms with Gasteiger partial charge in [-0.25, -0.2) is 9.48 Å². The third kappa shape index (κ3) is 3.53. The summed E-state index contributed by atoms with van der Waals surface area (Å²) in [6.45, 7) is 0. The van der Waals surface area contributed by atoms with Crippen molar-refractivity contribution in [3.05, 3.63) is 70.4 Å². The monoisotopic (exact) mass is 461 g/mol. The number of hydrogen-bond donors (Lipinski definition) is 3. The van der Waals surface area contributed by atoms with Crippen LogP contribution < -0.4 is 20.5 Å². The SMILES string of the molecule is COc1ccc([C@H]2CC(=O)C3=C(C2)Nc2nc(N)nn2[C@H]3c2ccc(C(=O)O)cc2)cc1OC. The van der Waals surface area contributed by atoms with Crippen LogP contribution >= 0.6 is 0 Å². The van der Waals surface area contributed by atoms with Gasteiger partial charge in [0.05, 0.1) is 19.8 Å². The van der Waals surface area contributed by atoms with E-state index in [1.54, 1.807) is 31.0 Å². The number of ketones is 1. The second-order valence-electron chi connectivity index (χ2n) is 8.23. The van der Waals surface area contributed by atoms with E-state index in [-0.39, 0.29) is 23.2 Å². The third-order valence-electron chi connectivity index (χ3n) is 6.29. The first-order valence-corrected chi connectivity index (χ1v) is 10.7. The summed E-state index contributed by atoms with van der Waals surface area (Å²) < 4.78 is 12.4. The molecule has 4 N–H and O–H groups in total. The number of carbonyl (C=O) groups excluding carboxylic acids is 1. The Kier molecular flexibility index (Phi) is 5.20. The maximum Gasteiger partial charge on any atom is 0.335 e. The Morgan fingerprint density at radius 1 is 1.09 bits per heavy atom. The summed E-state index contributed by atoms with van der Waals surface area (Å²) in [6.07, 6.45) is 0.881. The molecule has 2 heterocycles. The zero-order valence-electron chi connectivity index (χ0n) is 18.6. The molecule has 0 fully saturated rings. The average molecular weight is 461 g/mol. The Bertz CT molecular complexity index is 1330. The number of Topliss-reactive ketones (excluding diaryl/α,β-unsaturated/α-hetero) is 1. The molecule has 34 heavy (non-hydrogen) atoms.